The molecule has 26 heavy (non-hydrogen) atoms. The molecule has 0 aromatic carbocycles. The first kappa shape index (κ1) is 21.1. The van der Waals surface area contributed by atoms with Crippen molar-refractivity contribution in [3.05, 3.63) is 0 Å². The molecule has 2 saturated heterocycles. The number of likely N-dealkylation sites (tertiary alicyclic amines) is 1. The molecule has 2 aliphatic heterocycles. The highest BCUT2D eigenvalue weighted by Gasteiger charge is 2.38. The fraction of sp³-hybridized carbons (Fsp3) is 0.812. The standard InChI is InChI=1S/C16H24FNO7S/c17-15-9(19)6-14(22)25-10(15)8-24-13(21)4-2-1-3-5-18-12(20)7-11(26)16(18)23/h9-11,14-15,19,22,26H,1-8H2/t9-,10-,11?,14?,15+/m1/s1. The van der Waals surface area contributed by atoms with Gasteiger partial charge in [-0.25, -0.2) is 4.39 Å². The largest absolute Gasteiger partial charge is 0.463 e. The van der Waals surface area contributed by atoms with E-state index in [1.165, 1.54) is 4.90 Å². The van der Waals surface area contributed by atoms with Crippen LogP contribution in [0.15, 0.2) is 0 Å². The van der Waals surface area contributed by atoms with Crippen LogP contribution in [0.3, 0.4) is 0 Å². The molecule has 2 unspecified atom stereocenters. The zero-order valence-electron chi connectivity index (χ0n) is 14.3. The van der Waals surface area contributed by atoms with E-state index >= 15 is 0 Å². The van der Waals surface area contributed by atoms with Crippen molar-refractivity contribution in [1.82, 2.24) is 4.90 Å². The zero-order valence-corrected chi connectivity index (χ0v) is 15.1. The molecule has 2 fully saturated rings. The molecule has 10 heteroatoms. The molecule has 2 aliphatic rings. The molecule has 0 aromatic rings. The van der Waals surface area contributed by atoms with Gasteiger partial charge in [0.25, 0.3) is 0 Å². The number of imide groups is 1. The molecule has 0 spiro atoms. The predicted molar refractivity (Wildman–Crippen MR) is 89.9 cm³/mol. The lowest BCUT2D eigenvalue weighted by Crippen LogP contribution is -2.48. The van der Waals surface area contributed by atoms with E-state index in [1.807, 2.05) is 0 Å². The van der Waals surface area contributed by atoms with Crippen LogP contribution in [0.1, 0.15) is 38.5 Å². The maximum absolute atomic E-state index is 13.7. The predicted octanol–water partition coefficient (Wildman–Crippen LogP) is -0.0464. The van der Waals surface area contributed by atoms with E-state index in [9.17, 15) is 29.0 Å². The second-order valence-corrected chi connectivity index (χ2v) is 7.10. The fourth-order valence-electron chi connectivity index (χ4n) is 2.91. The van der Waals surface area contributed by atoms with Gasteiger partial charge in [0.2, 0.25) is 11.8 Å². The molecule has 5 atom stereocenters. The van der Waals surface area contributed by atoms with Crippen molar-refractivity contribution in [2.45, 2.75) is 68.4 Å². The summed E-state index contributed by atoms with van der Waals surface area (Å²) in [6, 6.07) is 0. The molecule has 2 amide bonds. The number of alkyl halides is 1. The van der Waals surface area contributed by atoms with Crippen LogP contribution >= 0.6 is 12.6 Å². The molecule has 2 rings (SSSR count). The third-order valence-corrected chi connectivity index (χ3v) is 4.79. The maximum atomic E-state index is 13.7. The topological polar surface area (TPSA) is 113 Å². The molecule has 2 N–H and O–H groups in total. The average Bonchev–Trinajstić information content (AvgIpc) is 2.82. The van der Waals surface area contributed by atoms with E-state index in [4.69, 9.17) is 9.47 Å². The summed E-state index contributed by atoms with van der Waals surface area (Å²) < 4.78 is 23.6. The Morgan fingerprint density at radius 1 is 1.31 bits per heavy atom. The molecular formula is C16H24FNO7S. The molecule has 2 heterocycles. The average molecular weight is 393 g/mol. The van der Waals surface area contributed by atoms with E-state index in [-0.39, 0.29) is 37.7 Å². The molecular weight excluding hydrogens is 369 g/mol. The van der Waals surface area contributed by atoms with Crippen LogP contribution in [-0.2, 0) is 23.9 Å². The fourth-order valence-corrected chi connectivity index (χ4v) is 3.21. The Bertz CT molecular complexity index is 535. The van der Waals surface area contributed by atoms with Gasteiger partial charge in [0.15, 0.2) is 12.5 Å². The second-order valence-electron chi connectivity index (χ2n) is 6.47. The number of nitrogens with zero attached hydrogens (tertiary/aromatic N) is 1. The summed E-state index contributed by atoms with van der Waals surface area (Å²) in [4.78, 5) is 36.1. The smallest absolute Gasteiger partial charge is 0.305 e. The summed E-state index contributed by atoms with van der Waals surface area (Å²) in [7, 11) is 0. The Kier molecular flexibility index (Phi) is 7.81. The second kappa shape index (κ2) is 9.63. The molecule has 0 bridgehead atoms. The summed E-state index contributed by atoms with van der Waals surface area (Å²) in [5.41, 5.74) is 0. The number of hydrogen-bond donors (Lipinski definition) is 3. The lowest BCUT2D eigenvalue weighted by atomic mass is 10.0. The van der Waals surface area contributed by atoms with Gasteiger partial charge < -0.3 is 19.7 Å². The Morgan fingerprint density at radius 2 is 2.04 bits per heavy atom. The van der Waals surface area contributed by atoms with E-state index in [2.05, 4.69) is 12.6 Å². The van der Waals surface area contributed by atoms with E-state index in [0.717, 1.165) is 0 Å². The van der Waals surface area contributed by atoms with Gasteiger partial charge >= 0.3 is 5.97 Å². The number of aliphatic hydroxyl groups excluding tert-OH is 2. The number of amides is 2. The lowest BCUT2D eigenvalue weighted by molar-refractivity contribution is -0.228. The normalized spacial score (nSPS) is 32.2. The van der Waals surface area contributed by atoms with Gasteiger partial charge in [0, 0.05) is 25.8 Å². The first-order valence-electron chi connectivity index (χ1n) is 8.63. The maximum Gasteiger partial charge on any atom is 0.305 e. The van der Waals surface area contributed by atoms with Crippen LogP contribution in [0, 0.1) is 0 Å². The van der Waals surface area contributed by atoms with Crippen molar-refractivity contribution in [3.8, 4) is 0 Å². The minimum absolute atomic E-state index is 0.103. The zero-order chi connectivity index (χ0) is 19.3. The van der Waals surface area contributed by atoms with E-state index in [1.54, 1.807) is 0 Å². The van der Waals surface area contributed by atoms with Crippen LogP contribution in [0.4, 0.5) is 4.39 Å². The molecule has 0 radical (unpaired) electrons. The van der Waals surface area contributed by atoms with Gasteiger partial charge in [0.1, 0.15) is 12.7 Å². The van der Waals surface area contributed by atoms with Crippen molar-refractivity contribution in [1.29, 1.82) is 0 Å². The van der Waals surface area contributed by atoms with Crippen LogP contribution in [0.2, 0.25) is 0 Å². The van der Waals surface area contributed by atoms with E-state index < -0.39 is 35.9 Å². The Morgan fingerprint density at radius 3 is 2.69 bits per heavy atom. The summed E-state index contributed by atoms with van der Waals surface area (Å²) in [6.45, 7) is -0.0762. The summed E-state index contributed by atoms with van der Waals surface area (Å²) >= 11 is 4.04. The number of unbranched alkanes of at least 4 members (excludes halogenated alkanes) is 2. The number of ether oxygens (including phenoxy) is 2. The Labute approximate surface area is 156 Å². The minimum Gasteiger partial charge on any atom is -0.463 e. The monoisotopic (exact) mass is 393 g/mol. The summed E-state index contributed by atoms with van der Waals surface area (Å²) in [6.07, 6.45) is -3.87. The molecule has 0 aliphatic carbocycles. The SMILES string of the molecule is O=C(CCCCCN1C(=O)CC(S)C1=O)OC[C@H]1OC(O)C[C@@H](O)[C@@H]1F. The van der Waals surface area contributed by atoms with Gasteiger partial charge in [-0.1, -0.05) is 6.42 Å². The number of hydrogen-bond acceptors (Lipinski definition) is 8. The lowest BCUT2D eigenvalue weighted by Gasteiger charge is -2.33. The van der Waals surface area contributed by atoms with Crippen LogP contribution in [-0.4, -0.2) is 76.0 Å². The van der Waals surface area contributed by atoms with Gasteiger partial charge in [0.05, 0.1) is 11.4 Å². The van der Waals surface area contributed by atoms with Crippen LogP contribution in [0.25, 0.3) is 0 Å². The first-order chi connectivity index (χ1) is 12.3. The van der Waals surface area contributed by atoms with Crippen LogP contribution in [0.5, 0.6) is 0 Å². The van der Waals surface area contributed by atoms with Gasteiger partial charge in [-0.05, 0) is 12.8 Å². The van der Waals surface area contributed by atoms with Crippen molar-refractivity contribution < 1.29 is 38.5 Å². The summed E-state index contributed by atoms with van der Waals surface area (Å²) in [5.74, 6) is -1.05. The minimum atomic E-state index is -1.72. The van der Waals surface area contributed by atoms with Gasteiger partial charge in [-0.2, -0.15) is 12.6 Å². The van der Waals surface area contributed by atoms with Crippen molar-refractivity contribution >= 4 is 30.4 Å². The quantitative estimate of drug-likeness (QED) is 0.229. The number of esters is 1. The van der Waals surface area contributed by atoms with Crippen molar-refractivity contribution in [2.24, 2.45) is 0 Å². The van der Waals surface area contributed by atoms with Gasteiger partial charge in [-0.15, -0.1) is 0 Å². The summed E-state index contributed by atoms with van der Waals surface area (Å²) in [5, 5.41) is 18.2. The highest BCUT2D eigenvalue weighted by Crippen LogP contribution is 2.22. The van der Waals surface area contributed by atoms with Gasteiger partial charge in [-0.3, -0.25) is 19.3 Å². The number of halogens is 1. The van der Waals surface area contributed by atoms with Crippen molar-refractivity contribution in [2.75, 3.05) is 13.2 Å². The molecule has 148 valence electrons. The number of aliphatic hydroxyl groups is 2. The van der Waals surface area contributed by atoms with E-state index in [0.29, 0.717) is 25.8 Å². The molecule has 0 aromatic heterocycles. The van der Waals surface area contributed by atoms with Crippen LogP contribution < -0.4 is 0 Å². The Balaban J connectivity index is 1.58. The number of thiol groups is 1. The number of rotatable bonds is 8. The number of carbonyl (C=O) groups excluding carboxylic acids is 3. The van der Waals surface area contributed by atoms with Crippen molar-refractivity contribution in [3.63, 3.8) is 0 Å². The first-order valence-corrected chi connectivity index (χ1v) is 9.14. The highest BCUT2D eigenvalue weighted by molar-refractivity contribution is 7.81. The third kappa shape index (κ3) is 5.63. The highest BCUT2D eigenvalue weighted by atomic mass is 32.1. The Hall–Kier alpha value is -1.23. The molecule has 8 nitrogen and oxygen atoms in total. The third-order valence-electron chi connectivity index (χ3n) is 4.39. The number of carbonyl (C=O) groups is 3. The molecule has 0 saturated carbocycles.